The Labute approximate surface area is 91.3 Å². The lowest BCUT2D eigenvalue weighted by Crippen LogP contribution is -2.02. The van der Waals surface area contributed by atoms with Crippen molar-refractivity contribution in [3.63, 3.8) is 0 Å². The maximum atomic E-state index is 10.9. The van der Waals surface area contributed by atoms with Gasteiger partial charge in [0, 0.05) is 4.90 Å². The lowest BCUT2D eigenvalue weighted by molar-refractivity contribution is -0.137. The zero-order valence-corrected chi connectivity index (χ0v) is 8.91. The molecule has 15 heavy (non-hydrogen) atoms. The Morgan fingerprint density at radius 2 is 2.40 bits per heavy atom. The second kappa shape index (κ2) is 6.01. The molecule has 0 atom stereocenters. The fourth-order valence-electron chi connectivity index (χ4n) is 0.897. The molecule has 0 saturated heterocycles. The minimum Gasteiger partial charge on any atom is -0.468 e. The number of isocyanates is 1. The minimum absolute atomic E-state index is 0.241. The lowest BCUT2D eigenvalue weighted by Gasteiger charge is -2.00. The van der Waals surface area contributed by atoms with Crippen molar-refractivity contribution in [2.24, 2.45) is 4.99 Å². The van der Waals surface area contributed by atoms with Gasteiger partial charge in [0.15, 0.2) is 0 Å². The third-order valence-corrected chi connectivity index (χ3v) is 2.54. The summed E-state index contributed by atoms with van der Waals surface area (Å²) in [5.41, 5.74) is 0.528. The molecule has 0 bridgehead atoms. The van der Waals surface area contributed by atoms with Crippen LogP contribution in [0, 0.1) is 0 Å². The van der Waals surface area contributed by atoms with Gasteiger partial charge < -0.3 is 4.74 Å². The minimum atomic E-state index is -0.288. The van der Waals surface area contributed by atoms with E-state index in [1.807, 2.05) is 6.07 Å². The molecule has 0 aromatic heterocycles. The summed E-state index contributed by atoms with van der Waals surface area (Å²) >= 11 is 1.33. The second-order valence-electron chi connectivity index (χ2n) is 2.57. The molecule has 0 aliphatic heterocycles. The van der Waals surface area contributed by atoms with Gasteiger partial charge in [-0.25, -0.2) is 4.79 Å². The van der Waals surface area contributed by atoms with Gasteiger partial charge in [-0.3, -0.25) is 4.79 Å². The van der Waals surface area contributed by atoms with Crippen LogP contribution in [0.4, 0.5) is 5.69 Å². The quantitative estimate of drug-likeness (QED) is 0.338. The van der Waals surface area contributed by atoms with Crippen molar-refractivity contribution in [3.05, 3.63) is 24.3 Å². The second-order valence-corrected chi connectivity index (χ2v) is 3.61. The van der Waals surface area contributed by atoms with Crippen molar-refractivity contribution in [3.8, 4) is 0 Å². The Hall–Kier alpha value is -1.58. The van der Waals surface area contributed by atoms with Crippen LogP contribution in [-0.2, 0) is 14.3 Å². The molecule has 0 N–H and O–H groups in total. The van der Waals surface area contributed by atoms with Crippen molar-refractivity contribution >= 4 is 29.5 Å². The highest BCUT2D eigenvalue weighted by molar-refractivity contribution is 8.00. The summed E-state index contributed by atoms with van der Waals surface area (Å²) in [6.07, 6.45) is 1.46. The molecule has 1 rings (SSSR count). The number of benzene rings is 1. The third-order valence-electron chi connectivity index (χ3n) is 1.58. The number of methoxy groups -OCH3 is 1. The van der Waals surface area contributed by atoms with E-state index in [-0.39, 0.29) is 11.7 Å². The molecule has 0 radical (unpaired) electrons. The Balaban J connectivity index is 2.65. The molecule has 0 unspecified atom stereocenters. The molecule has 1 aromatic carbocycles. The topological polar surface area (TPSA) is 55.7 Å². The van der Waals surface area contributed by atoms with E-state index in [0.29, 0.717) is 5.69 Å². The smallest absolute Gasteiger partial charge is 0.315 e. The largest absolute Gasteiger partial charge is 0.468 e. The third kappa shape index (κ3) is 3.97. The highest BCUT2D eigenvalue weighted by atomic mass is 32.2. The molecule has 0 fully saturated rings. The van der Waals surface area contributed by atoms with Gasteiger partial charge in [-0.2, -0.15) is 4.99 Å². The zero-order chi connectivity index (χ0) is 11.1. The first kappa shape index (κ1) is 11.5. The first-order valence-corrected chi connectivity index (χ1v) is 5.12. The maximum absolute atomic E-state index is 10.9. The number of hydrogen-bond acceptors (Lipinski definition) is 5. The van der Waals surface area contributed by atoms with Crippen molar-refractivity contribution in [2.75, 3.05) is 12.9 Å². The van der Waals surface area contributed by atoms with Crippen LogP contribution >= 0.6 is 11.8 Å². The molecule has 5 heteroatoms. The zero-order valence-electron chi connectivity index (χ0n) is 8.10. The van der Waals surface area contributed by atoms with E-state index in [9.17, 15) is 9.59 Å². The van der Waals surface area contributed by atoms with Gasteiger partial charge in [-0.05, 0) is 18.2 Å². The summed E-state index contributed by atoms with van der Waals surface area (Å²) in [6.45, 7) is 0. The van der Waals surface area contributed by atoms with Crippen LogP contribution < -0.4 is 0 Å². The Bertz CT molecular complexity index is 399. The number of hydrogen-bond donors (Lipinski definition) is 0. The van der Waals surface area contributed by atoms with E-state index in [1.54, 1.807) is 18.2 Å². The number of esters is 1. The summed E-state index contributed by atoms with van der Waals surface area (Å²) in [5, 5.41) is 0. The summed E-state index contributed by atoms with van der Waals surface area (Å²) in [4.78, 5) is 25.2. The highest BCUT2D eigenvalue weighted by Gasteiger charge is 2.02. The molecule has 0 aliphatic carbocycles. The molecule has 0 amide bonds. The molecule has 0 spiro atoms. The number of carbonyl (C=O) groups excluding carboxylic acids is 2. The first-order valence-electron chi connectivity index (χ1n) is 4.14. The maximum Gasteiger partial charge on any atom is 0.315 e. The van der Waals surface area contributed by atoms with Crippen LogP contribution in [0.5, 0.6) is 0 Å². The number of ether oxygens (including phenoxy) is 1. The monoisotopic (exact) mass is 223 g/mol. The van der Waals surface area contributed by atoms with Crippen molar-refractivity contribution in [1.29, 1.82) is 0 Å². The van der Waals surface area contributed by atoms with Crippen LogP contribution in [0.25, 0.3) is 0 Å². The van der Waals surface area contributed by atoms with E-state index in [4.69, 9.17) is 0 Å². The van der Waals surface area contributed by atoms with Crippen LogP contribution in [0.2, 0.25) is 0 Å². The highest BCUT2D eigenvalue weighted by Crippen LogP contribution is 2.22. The fraction of sp³-hybridized carbons (Fsp3) is 0.200. The van der Waals surface area contributed by atoms with Crippen LogP contribution in [0.1, 0.15) is 0 Å². The number of carbonyl (C=O) groups is 1. The van der Waals surface area contributed by atoms with Gasteiger partial charge in [-0.15, -0.1) is 11.8 Å². The van der Waals surface area contributed by atoms with Gasteiger partial charge in [0.2, 0.25) is 6.08 Å². The number of thioether (sulfide) groups is 1. The van der Waals surface area contributed by atoms with Crippen molar-refractivity contribution < 1.29 is 14.3 Å². The average Bonchev–Trinajstić information content (AvgIpc) is 2.27. The summed E-state index contributed by atoms with van der Waals surface area (Å²) < 4.78 is 4.50. The Morgan fingerprint density at radius 1 is 1.60 bits per heavy atom. The Morgan fingerprint density at radius 3 is 3.07 bits per heavy atom. The standard InChI is InChI=1S/C10H9NO3S/c1-14-10(13)6-15-9-4-2-3-8(5-9)11-7-12/h2-5H,6H2,1H3. The summed E-state index contributed by atoms with van der Waals surface area (Å²) in [5.74, 6) is -0.0469. The SMILES string of the molecule is COC(=O)CSc1cccc(N=C=O)c1. The number of nitrogens with zero attached hydrogens (tertiary/aromatic N) is 1. The first-order chi connectivity index (χ1) is 7.26. The molecular weight excluding hydrogens is 214 g/mol. The van der Waals surface area contributed by atoms with E-state index in [2.05, 4.69) is 9.73 Å². The van der Waals surface area contributed by atoms with Crippen LogP contribution in [0.3, 0.4) is 0 Å². The molecular formula is C10H9NO3S. The molecule has 78 valence electrons. The molecule has 4 nitrogen and oxygen atoms in total. The van der Waals surface area contributed by atoms with Gasteiger partial charge in [-0.1, -0.05) is 6.07 Å². The Kier molecular flexibility index (Phi) is 4.60. The summed E-state index contributed by atoms with van der Waals surface area (Å²) in [7, 11) is 1.34. The average molecular weight is 223 g/mol. The van der Waals surface area contributed by atoms with Crippen LogP contribution in [-0.4, -0.2) is 24.9 Å². The van der Waals surface area contributed by atoms with Gasteiger partial charge in [0.25, 0.3) is 0 Å². The van der Waals surface area contributed by atoms with E-state index >= 15 is 0 Å². The predicted octanol–water partition coefficient (Wildman–Crippen LogP) is 1.92. The number of rotatable bonds is 4. The van der Waals surface area contributed by atoms with Gasteiger partial charge in [0.1, 0.15) is 0 Å². The van der Waals surface area contributed by atoms with Crippen molar-refractivity contribution in [1.82, 2.24) is 0 Å². The van der Waals surface area contributed by atoms with Gasteiger partial charge in [0.05, 0.1) is 18.6 Å². The molecule has 0 saturated carbocycles. The molecule has 0 heterocycles. The predicted molar refractivity (Wildman–Crippen MR) is 57.0 cm³/mol. The normalized spacial score (nSPS) is 9.13. The van der Waals surface area contributed by atoms with Gasteiger partial charge >= 0.3 is 5.97 Å². The van der Waals surface area contributed by atoms with E-state index < -0.39 is 0 Å². The van der Waals surface area contributed by atoms with Crippen LogP contribution in [0.15, 0.2) is 34.2 Å². The fourth-order valence-corrected chi connectivity index (χ4v) is 1.68. The molecule has 1 aromatic rings. The molecule has 0 aliphatic rings. The summed E-state index contributed by atoms with van der Waals surface area (Å²) in [6, 6.07) is 6.98. The van der Waals surface area contributed by atoms with E-state index in [0.717, 1.165) is 4.90 Å². The van der Waals surface area contributed by atoms with Crippen molar-refractivity contribution in [2.45, 2.75) is 4.90 Å². The lowest BCUT2D eigenvalue weighted by atomic mass is 10.3. The number of aliphatic imine (C=N–C) groups is 1. The van der Waals surface area contributed by atoms with E-state index in [1.165, 1.54) is 25.0 Å².